The highest BCUT2D eigenvalue weighted by Crippen LogP contribution is 2.28. The number of aromatic nitrogens is 1. The molecule has 0 bridgehead atoms. The van der Waals surface area contributed by atoms with Crippen molar-refractivity contribution in [3.63, 3.8) is 0 Å². The lowest BCUT2D eigenvalue weighted by Gasteiger charge is -2.18. The first-order chi connectivity index (χ1) is 9.59. The van der Waals surface area contributed by atoms with Crippen molar-refractivity contribution in [2.24, 2.45) is 5.92 Å². The normalized spacial score (nSPS) is 20.2. The van der Waals surface area contributed by atoms with E-state index in [1.807, 2.05) is 6.92 Å². The summed E-state index contributed by atoms with van der Waals surface area (Å²) in [5.41, 5.74) is 0.609. The highest BCUT2D eigenvalue weighted by molar-refractivity contribution is 7.89. The molecule has 1 saturated heterocycles. The van der Waals surface area contributed by atoms with Crippen molar-refractivity contribution in [3.8, 4) is 0 Å². The molecule has 1 atom stereocenters. The molecule has 20 heavy (non-hydrogen) atoms. The van der Waals surface area contributed by atoms with Gasteiger partial charge in [-0.3, -0.25) is 4.98 Å². The maximum absolute atomic E-state index is 12.7. The number of nitrogens with one attached hydrogen (secondary N) is 1. The Kier molecular flexibility index (Phi) is 4.95. The van der Waals surface area contributed by atoms with Gasteiger partial charge in [0.05, 0.1) is 12.3 Å². The van der Waals surface area contributed by atoms with Gasteiger partial charge in [0.25, 0.3) is 0 Å². The first-order valence-electron chi connectivity index (χ1n) is 6.76. The van der Waals surface area contributed by atoms with Gasteiger partial charge < -0.3 is 10.1 Å². The minimum atomic E-state index is -3.49. The third kappa shape index (κ3) is 3.11. The van der Waals surface area contributed by atoms with E-state index in [-0.39, 0.29) is 10.8 Å². The fourth-order valence-corrected chi connectivity index (χ4v) is 4.09. The molecule has 1 unspecified atom stereocenters. The lowest BCUT2D eigenvalue weighted by atomic mass is 10.1. The second-order valence-corrected chi connectivity index (χ2v) is 6.78. The van der Waals surface area contributed by atoms with Crippen molar-refractivity contribution in [2.75, 3.05) is 38.7 Å². The summed E-state index contributed by atoms with van der Waals surface area (Å²) in [6, 6.07) is 1.69. The summed E-state index contributed by atoms with van der Waals surface area (Å²) in [5.74, 6) is 0.272. The molecular weight excluding hydrogens is 278 g/mol. The summed E-state index contributed by atoms with van der Waals surface area (Å²) < 4.78 is 32.0. The van der Waals surface area contributed by atoms with Gasteiger partial charge in [0.2, 0.25) is 10.0 Å². The van der Waals surface area contributed by atoms with Crippen LogP contribution in [-0.2, 0) is 14.8 Å². The van der Waals surface area contributed by atoms with Crippen molar-refractivity contribution < 1.29 is 13.2 Å². The molecule has 7 heteroatoms. The number of sulfonamides is 1. The zero-order valence-corrected chi connectivity index (χ0v) is 12.7. The Morgan fingerprint density at radius 1 is 1.55 bits per heavy atom. The molecule has 0 spiro atoms. The van der Waals surface area contributed by atoms with E-state index in [9.17, 15) is 8.42 Å². The van der Waals surface area contributed by atoms with Crippen LogP contribution < -0.4 is 5.32 Å². The molecule has 1 aliphatic heterocycles. The number of pyridine rings is 1. The van der Waals surface area contributed by atoms with Gasteiger partial charge in [0, 0.05) is 39.1 Å². The summed E-state index contributed by atoms with van der Waals surface area (Å²) >= 11 is 0. The van der Waals surface area contributed by atoms with Crippen LogP contribution in [0.5, 0.6) is 0 Å². The van der Waals surface area contributed by atoms with Crippen molar-refractivity contribution in [2.45, 2.75) is 18.2 Å². The van der Waals surface area contributed by atoms with E-state index < -0.39 is 10.0 Å². The lowest BCUT2D eigenvalue weighted by molar-refractivity contribution is 0.157. The van der Waals surface area contributed by atoms with Gasteiger partial charge in [0.15, 0.2) is 0 Å². The monoisotopic (exact) mass is 299 g/mol. The van der Waals surface area contributed by atoms with Crippen molar-refractivity contribution >= 4 is 15.7 Å². The Bertz CT molecular complexity index is 548. The Morgan fingerprint density at radius 3 is 3.05 bits per heavy atom. The minimum absolute atomic E-state index is 0.250. The van der Waals surface area contributed by atoms with Gasteiger partial charge in [0.1, 0.15) is 4.90 Å². The zero-order valence-electron chi connectivity index (χ0n) is 11.9. The topological polar surface area (TPSA) is 71.5 Å². The second kappa shape index (κ2) is 6.51. The number of rotatable bonds is 6. The van der Waals surface area contributed by atoms with Crippen LogP contribution in [0.4, 0.5) is 5.69 Å². The van der Waals surface area contributed by atoms with Gasteiger partial charge in [-0.25, -0.2) is 8.42 Å². The minimum Gasteiger partial charge on any atom is -0.384 e. The molecule has 6 nitrogen and oxygen atoms in total. The zero-order chi connectivity index (χ0) is 14.6. The molecule has 0 radical (unpaired) electrons. The van der Waals surface area contributed by atoms with E-state index >= 15 is 0 Å². The summed E-state index contributed by atoms with van der Waals surface area (Å²) in [4.78, 5) is 4.20. The average molecular weight is 299 g/mol. The van der Waals surface area contributed by atoms with Gasteiger partial charge in [-0.1, -0.05) is 0 Å². The third-order valence-corrected chi connectivity index (χ3v) is 5.31. The molecule has 1 fully saturated rings. The number of hydrogen-bond acceptors (Lipinski definition) is 5. The number of ether oxygens (including phenoxy) is 1. The van der Waals surface area contributed by atoms with Crippen molar-refractivity contribution in [3.05, 3.63) is 18.5 Å². The number of hydrogen-bond donors (Lipinski definition) is 1. The highest BCUT2D eigenvalue weighted by atomic mass is 32.2. The molecule has 0 aliphatic carbocycles. The Hall–Kier alpha value is -1.18. The summed E-state index contributed by atoms with van der Waals surface area (Å²) in [6.45, 7) is 4.24. The van der Waals surface area contributed by atoms with E-state index in [1.165, 1.54) is 10.5 Å². The van der Waals surface area contributed by atoms with Crippen LogP contribution in [0, 0.1) is 5.92 Å². The van der Waals surface area contributed by atoms with Crippen LogP contribution >= 0.6 is 0 Å². The maximum atomic E-state index is 12.7. The fourth-order valence-electron chi connectivity index (χ4n) is 2.45. The van der Waals surface area contributed by atoms with Gasteiger partial charge >= 0.3 is 0 Å². The molecule has 0 saturated carbocycles. The summed E-state index contributed by atoms with van der Waals surface area (Å²) in [6.07, 6.45) is 3.84. The van der Waals surface area contributed by atoms with E-state index in [0.29, 0.717) is 31.9 Å². The predicted octanol–water partition coefficient (Wildman–Crippen LogP) is 1.17. The number of nitrogens with zero attached hydrogens (tertiary/aromatic N) is 2. The first kappa shape index (κ1) is 15.2. The Balaban J connectivity index is 2.23. The van der Waals surface area contributed by atoms with Crippen LogP contribution in [0.15, 0.2) is 23.4 Å². The predicted molar refractivity (Wildman–Crippen MR) is 77.1 cm³/mol. The molecule has 0 amide bonds. The van der Waals surface area contributed by atoms with E-state index in [1.54, 1.807) is 19.4 Å². The van der Waals surface area contributed by atoms with Crippen LogP contribution in [0.2, 0.25) is 0 Å². The highest BCUT2D eigenvalue weighted by Gasteiger charge is 2.33. The largest absolute Gasteiger partial charge is 0.384 e. The second-order valence-electron chi connectivity index (χ2n) is 4.88. The van der Waals surface area contributed by atoms with Crippen molar-refractivity contribution in [1.82, 2.24) is 9.29 Å². The van der Waals surface area contributed by atoms with Crippen LogP contribution in [0.25, 0.3) is 0 Å². The summed E-state index contributed by atoms with van der Waals surface area (Å²) in [5, 5.41) is 3.07. The quantitative estimate of drug-likeness (QED) is 0.854. The SMILES string of the molecule is CCNc1ccncc1S(=O)(=O)N1CCC(COC)C1. The van der Waals surface area contributed by atoms with Gasteiger partial charge in [-0.05, 0) is 25.3 Å². The molecule has 2 heterocycles. The molecule has 0 aromatic carbocycles. The Labute approximate surface area is 120 Å². The number of methoxy groups -OCH3 is 1. The standard InChI is InChI=1S/C13H21N3O3S/c1-3-15-12-4-6-14-8-13(12)20(17,18)16-7-5-11(9-16)10-19-2/h4,6,8,11H,3,5,7,9-10H2,1-2H3,(H,14,15). The molecule has 1 aliphatic rings. The molecular formula is C13H21N3O3S. The Morgan fingerprint density at radius 2 is 2.35 bits per heavy atom. The third-order valence-electron chi connectivity index (χ3n) is 3.42. The van der Waals surface area contributed by atoms with Crippen LogP contribution in [0.3, 0.4) is 0 Å². The van der Waals surface area contributed by atoms with Crippen LogP contribution in [0.1, 0.15) is 13.3 Å². The fraction of sp³-hybridized carbons (Fsp3) is 0.615. The van der Waals surface area contributed by atoms with E-state index in [4.69, 9.17) is 4.74 Å². The lowest BCUT2D eigenvalue weighted by Crippen LogP contribution is -2.30. The number of anilines is 1. The summed E-state index contributed by atoms with van der Waals surface area (Å²) in [7, 11) is -1.85. The molecule has 2 rings (SSSR count). The molecule has 112 valence electrons. The van der Waals surface area contributed by atoms with Gasteiger partial charge in [-0.2, -0.15) is 4.31 Å². The van der Waals surface area contributed by atoms with Gasteiger partial charge in [-0.15, -0.1) is 0 Å². The van der Waals surface area contributed by atoms with Crippen LogP contribution in [-0.4, -0.2) is 51.1 Å². The smallest absolute Gasteiger partial charge is 0.246 e. The average Bonchev–Trinajstić information content (AvgIpc) is 2.89. The first-order valence-corrected chi connectivity index (χ1v) is 8.20. The molecule has 1 aromatic rings. The maximum Gasteiger partial charge on any atom is 0.246 e. The molecule has 1 aromatic heterocycles. The van der Waals surface area contributed by atoms with E-state index in [0.717, 1.165) is 6.42 Å². The molecule has 1 N–H and O–H groups in total. The van der Waals surface area contributed by atoms with Crippen molar-refractivity contribution in [1.29, 1.82) is 0 Å². The van der Waals surface area contributed by atoms with E-state index in [2.05, 4.69) is 10.3 Å².